The number of nitro benzene ring substituents is 1. The third-order valence-electron chi connectivity index (χ3n) is 2.55. The third-order valence-corrected chi connectivity index (χ3v) is 3.79. The van der Waals surface area contributed by atoms with E-state index in [0.717, 1.165) is 0 Å². The molecule has 0 aromatic heterocycles. The Kier molecular flexibility index (Phi) is 6.48. The summed E-state index contributed by atoms with van der Waals surface area (Å²) in [6, 6.07) is 4.61. The van der Waals surface area contributed by atoms with Crippen molar-refractivity contribution in [3.8, 4) is 5.75 Å². The zero-order chi connectivity index (χ0) is 16.0. The Balaban J connectivity index is 2.87. The molecule has 1 atom stereocenters. The van der Waals surface area contributed by atoms with Crippen molar-refractivity contribution in [3.05, 3.63) is 28.3 Å². The van der Waals surface area contributed by atoms with Gasteiger partial charge in [0.05, 0.1) is 30.1 Å². The first-order chi connectivity index (χ1) is 9.83. The van der Waals surface area contributed by atoms with Gasteiger partial charge < -0.3 is 9.47 Å². The Bertz CT molecular complexity index is 518. The van der Waals surface area contributed by atoms with E-state index in [1.54, 1.807) is 13.0 Å². The second kappa shape index (κ2) is 7.87. The molecule has 1 unspecified atom stereocenters. The highest BCUT2D eigenvalue weighted by Crippen LogP contribution is 2.30. The maximum absolute atomic E-state index is 11.4. The number of carbonyl (C=O) groups is 1. The fraction of sp³-hybridized carbons (Fsp3) is 0.500. The summed E-state index contributed by atoms with van der Waals surface area (Å²) < 4.78 is 10.2. The molecule has 0 fully saturated rings. The number of thioether (sulfide) groups is 1. The molecule has 0 radical (unpaired) electrons. The Morgan fingerprint density at radius 2 is 2.00 bits per heavy atom. The fourth-order valence-electron chi connectivity index (χ4n) is 1.58. The van der Waals surface area contributed by atoms with Gasteiger partial charge in [0.1, 0.15) is 5.75 Å². The summed E-state index contributed by atoms with van der Waals surface area (Å²) in [5.41, 5.74) is -0.0265. The molecule has 116 valence electrons. The number of methoxy groups -OCH3 is 1. The molecule has 1 aromatic rings. The maximum Gasteiger partial charge on any atom is 0.309 e. The minimum Gasteiger partial charge on any atom is -0.491 e. The second-order valence-corrected chi connectivity index (χ2v) is 5.91. The summed E-state index contributed by atoms with van der Waals surface area (Å²) >= 11 is 1.36. The predicted octanol–water partition coefficient (Wildman–Crippen LogP) is 3.28. The number of non-ortho nitro benzene ring substituents is 1. The van der Waals surface area contributed by atoms with E-state index in [9.17, 15) is 14.9 Å². The number of carbonyl (C=O) groups excluding carboxylic acids is 1. The van der Waals surface area contributed by atoms with Crippen LogP contribution in [-0.2, 0) is 9.53 Å². The van der Waals surface area contributed by atoms with Crippen molar-refractivity contribution in [1.29, 1.82) is 0 Å². The van der Waals surface area contributed by atoms with E-state index in [4.69, 9.17) is 4.74 Å². The average Bonchev–Trinajstić information content (AvgIpc) is 2.42. The maximum atomic E-state index is 11.4. The van der Waals surface area contributed by atoms with E-state index in [2.05, 4.69) is 4.74 Å². The van der Waals surface area contributed by atoms with Gasteiger partial charge in [-0.25, -0.2) is 0 Å². The van der Waals surface area contributed by atoms with Crippen LogP contribution in [0.5, 0.6) is 5.75 Å². The van der Waals surface area contributed by atoms with Crippen molar-refractivity contribution < 1.29 is 19.2 Å². The van der Waals surface area contributed by atoms with Gasteiger partial charge in [0, 0.05) is 16.7 Å². The topological polar surface area (TPSA) is 78.7 Å². The zero-order valence-electron chi connectivity index (χ0n) is 12.5. The monoisotopic (exact) mass is 313 g/mol. The van der Waals surface area contributed by atoms with Gasteiger partial charge in [0.2, 0.25) is 0 Å². The molecule has 6 nitrogen and oxygen atoms in total. The summed E-state index contributed by atoms with van der Waals surface area (Å²) in [4.78, 5) is 22.5. The summed E-state index contributed by atoms with van der Waals surface area (Å²) in [5, 5.41) is 11.0. The normalized spacial score (nSPS) is 12.0. The highest BCUT2D eigenvalue weighted by molar-refractivity contribution is 7.99. The van der Waals surface area contributed by atoms with Gasteiger partial charge in [-0.2, -0.15) is 0 Å². The second-order valence-electron chi connectivity index (χ2n) is 4.82. The van der Waals surface area contributed by atoms with Gasteiger partial charge in [-0.1, -0.05) is 6.92 Å². The molecule has 0 aliphatic carbocycles. The van der Waals surface area contributed by atoms with Gasteiger partial charge in [-0.05, 0) is 19.9 Å². The molecule has 21 heavy (non-hydrogen) atoms. The SMILES string of the molecule is COC(=O)C(C)CSc1cc(OC(C)C)cc([N+](=O)[O-])c1. The first-order valence-electron chi connectivity index (χ1n) is 6.50. The summed E-state index contributed by atoms with van der Waals surface area (Å²) in [6.45, 7) is 5.46. The highest BCUT2D eigenvalue weighted by atomic mass is 32.2. The van der Waals surface area contributed by atoms with E-state index >= 15 is 0 Å². The van der Waals surface area contributed by atoms with Crippen molar-refractivity contribution in [2.75, 3.05) is 12.9 Å². The number of nitrogens with zero attached hydrogens (tertiary/aromatic N) is 1. The zero-order valence-corrected chi connectivity index (χ0v) is 13.3. The van der Waals surface area contributed by atoms with E-state index in [0.29, 0.717) is 16.4 Å². The summed E-state index contributed by atoms with van der Waals surface area (Å²) in [7, 11) is 1.34. The molecular formula is C14H19NO5S. The van der Waals surface area contributed by atoms with Crippen molar-refractivity contribution in [3.63, 3.8) is 0 Å². The molecule has 1 rings (SSSR count). The standard InChI is InChI=1S/C14H19NO5S/c1-9(2)20-12-5-11(15(17)18)6-13(7-12)21-8-10(3)14(16)19-4/h5-7,9-10H,8H2,1-4H3. The number of hydrogen-bond donors (Lipinski definition) is 0. The molecule has 0 saturated carbocycles. The molecule has 0 saturated heterocycles. The van der Waals surface area contributed by atoms with Gasteiger partial charge in [0.25, 0.3) is 5.69 Å². The average molecular weight is 313 g/mol. The van der Waals surface area contributed by atoms with Gasteiger partial charge in [0.15, 0.2) is 0 Å². The minimum absolute atomic E-state index is 0.0265. The van der Waals surface area contributed by atoms with Crippen LogP contribution in [0.2, 0.25) is 0 Å². The molecular weight excluding hydrogens is 294 g/mol. The van der Waals surface area contributed by atoms with Crippen LogP contribution in [0.4, 0.5) is 5.69 Å². The van der Waals surface area contributed by atoms with Crippen LogP contribution in [0.1, 0.15) is 20.8 Å². The number of ether oxygens (including phenoxy) is 2. The van der Waals surface area contributed by atoms with Crippen LogP contribution in [-0.4, -0.2) is 29.9 Å². The lowest BCUT2D eigenvalue weighted by molar-refractivity contribution is -0.385. The Hall–Kier alpha value is -1.76. The van der Waals surface area contributed by atoms with Gasteiger partial charge >= 0.3 is 5.97 Å². The van der Waals surface area contributed by atoms with E-state index in [1.807, 2.05) is 13.8 Å². The number of nitro groups is 1. The smallest absolute Gasteiger partial charge is 0.309 e. The highest BCUT2D eigenvalue weighted by Gasteiger charge is 2.16. The molecule has 7 heteroatoms. The first-order valence-corrected chi connectivity index (χ1v) is 7.48. The Labute approximate surface area is 128 Å². The van der Waals surface area contributed by atoms with E-state index in [-0.39, 0.29) is 23.7 Å². The van der Waals surface area contributed by atoms with Crippen LogP contribution in [0.25, 0.3) is 0 Å². The van der Waals surface area contributed by atoms with Crippen molar-refractivity contribution in [2.45, 2.75) is 31.8 Å². The largest absolute Gasteiger partial charge is 0.491 e. The number of rotatable bonds is 7. The quantitative estimate of drug-likeness (QED) is 0.333. The van der Waals surface area contributed by atoms with Crippen molar-refractivity contribution >= 4 is 23.4 Å². The van der Waals surface area contributed by atoms with Crippen LogP contribution < -0.4 is 4.74 Å². The van der Waals surface area contributed by atoms with E-state index in [1.165, 1.54) is 31.0 Å². The Morgan fingerprint density at radius 1 is 1.33 bits per heavy atom. The van der Waals surface area contributed by atoms with Gasteiger partial charge in [-0.15, -0.1) is 11.8 Å². The lowest BCUT2D eigenvalue weighted by Gasteiger charge is -2.12. The van der Waals surface area contributed by atoms with Crippen LogP contribution in [0, 0.1) is 16.0 Å². The molecule has 0 bridgehead atoms. The van der Waals surface area contributed by atoms with E-state index < -0.39 is 4.92 Å². The third kappa shape index (κ3) is 5.63. The molecule has 0 aliphatic heterocycles. The number of esters is 1. The van der Waals surface area contributed by atoms with Crippen molar-refractivity contribution in [2.24, 2.45) is 5.92 Å². The molecule has 0 heterocycles. The lowest BCUT2D eigenvalue weighted by atomic mass is 10.2. The van der Waals surface area contributed by atoms with Gasteiger partial charge in [-0.3, -0.25) is 14.9 Å². The van der Waals surface area contributed by atoms with Crippen LogP contribution in [0.15, 0.2) is 23.1 Å². The first kappa shape index (κ1) is 17.3. The molecule has 0 N–H and O–H groups in total. The fourth-order valence-corrected chi connectivity index (χ4v) is 2.56. The molecule has 0 amide bonds. The van der Waals surface area contributed by atoms with Crippen molar-refractivity contribution in [1.82, 2.24) is 0 Å². The molecule has 0 aliphatic rings. The predicted molar refractivity (Wildman–Crippen MR) is 80.8 cm³/mol. The molecule has 1 aromatic carbocycles. The van der Waals surface area contributed by atoms with Crippen LogP contribution >= 0.6 is 11.8 Å². The Morgan fingerprint density at radius 3 is 2.52 bits per heavy atom. The summed E-state index contributed by atoms with van der Waals surface area (Å²) in [5.74, 6) is 0.349. The molecule has 0 spiro atoms. The summed E-state index contributed by atoms with van der Waals surface area (Å²) in [6.07, 6.45) is -0.0705. The van der Waals surface area contributed by atoms with Crippen LogP contribution in [0.3, 0.4) is 0 Å². The minimum atomic E-state index is -0.457. The number of hydrogen-bond acceptors (Lipinski definition) is 6. The lowest BCUT2D eigenvalue weighted by Crippen LogP contribution is -2.14. The number of benzene rings is 1.